The van der Waals surface area contributed by atoms with Gasteiger partial charge in [-0.05, 0) is 30.7 Å². The van der Waals surface area contributed by atoms with Crippen LogP contribution in [0.4, 0.5) is 29.3 Å². The van der Waals surface area contributed by atoms with E-state index in [1.165, 1.54) is 23.5 Å². The molecular weight excluding hydrogens is 430 g/mol. The minimum absolute atomic E-state index is 0.0683. The van der Waals surface area contributed by atoms with Gasteiger partial charge in [-0.1, -0.05) is 0 Å². The first-order valence-corrected chi connectivity index (χ1v) is 9.32. The molecule has 32 heavy (non-hydrogen) atoms. The van der Waals surface area contributed by atoms with Crippen molar-refractivity contribution in [2.45, 2.75) is 19.6 Å². The quantitative estimate of drug-likeness (QED) is 0.419. The lowest BCUT2D eigenvalue weighted by Crippen LogP contribution is -2.24. The van der Waals surface area contributed by atoms with Crippen molar-refractivity contribution in [1.29, 1.82) is 0 Å². The van der Waals surface area contributed by atoms with Crippen LogP contribution < -0.4 is 16.4 Å². The molecule has 8 nitrogen and oxygen atoms in total. The number of nitrogens with two attached hydrogens (primary N) is 1. The molecule has 0 saturated carbocycles. The number of halogens is 4. The van der Waals surface area contributed by atoms with Crippen LogP contribution in [0.2, 0.25) is 0 Å². The normalized spacial score (nSPS) is 12.2. The van der Waals surface area contributed by atoms with Crippen molar-refractivity contribution in [1.82, 2.24) is 14.9 Å². The summed E-state index contributed by atoms with van der Waals surface area (Å²) in [6.45, 7) is 1.54. The van der Waals surface area contributed by atoms with Gasteiger partial charge in [-0.25, -0.2) is 9.37 Å². The third kappa shape index (κ3) is 7.22. The summed E-state index contributed by atoms with van der Waals surface area (Å²) in [5, 5.41) is 5.70. The Labute approximate surface area is 182 Å². The summed E-state index contributed by atoms with van der Waals surface area (Å²) in [7, 11) is 3.22. The number of nitrogens with one attached hydrogen (secondary N) is 2. The first kappa shape index (κ1) is 24.6. The second kappa shape index (κ2) is 10.6. The lowest BCUT2D eigenvalue weighted by atomic mass is 10.1. The second-order valence-corrected chi connectivity index (χ2v) is 6.93. The van der Waals surface area contributed by atoms with E-state index in [1.54, 1.807) is 21.0 Å². The topological polar surface area (TPSA) is 109 Å². The number of anilines is 2. The van der Waals surface area contributed by atoms with Crippen molar-refractivity contribution in [3.8, 4) is 0 Å². The Kier molecular flexibility index (Phi) is 8.10. The lowest BCUT2D eigenvalue weighted by Gasteiger charge is -2.13. The molecule has 2 rings (SSSR count). The molecule has 0 bridgehead atoms. The number of carbonyl (C=O) groups excluding carboxylic acids is 1. The minimum Gasteiger partial charge on any atom is -0.403 e. The van der Waals surface area contributed by atoms with E-state index in [-0.39, 0.29) is 30.5 Å². The summed E-state index contributed by atoms with van der Waals surface area (Å²) >= 11 is 0. The number of aromatic nitrogens is 2. The van der Waals surface area contributed by atoms with Gasteiger partial charge in [0.25, 0.3) is 0 Å². The molecule has 0 fully saturated rings. The number of benzene rings is 1. The van der Waals surface area contributed by atoms with Crippen molar-refractivity contribution in [3.63, 3.8) is 0 Å². The zero-order valence-corrected chi connectivity index (χ0v) is 17.7. The highest BCUT2D eigenvalue weighted by Gasteiger charge is 2.31. The fourth-order valence-corrected chi connectivity index (χ4v) is 2.39. The first-order valence-electron chi connectivity index (χ1n) is 9.32. The van der Waals surface area contributed by atoms with Gasteiger partial charge in [0.2, 0.25) is 11.9 Å². The Bertz CT molecular complexity index is 1020. The minimum atomic E-state index is -4.65. The van der Waals surface area contributed by atoms with Crippen LogP contribution >= 0.6 is 0 Å². The van der Waals surface area contributed by atoms with Crippen molar-refractivity contribution in [2.75, 3.05) is 31.3 Å². The highest BCUT2D eigenvalue weighted by atomic mass is 19.4. The summed E-state index contributed by atoms with van der Waals surface area (Å²) < 4.78 is 52.3. The van der Waals surface area contributed by atoms with E-state index in [9.17, 15) is 22.4 Å². The van der Waals surface area contributed by atoms with E-state index in [0.717, 1.165) is 12.1 Å². The summed E-state index contributed by atoms with van der Waals surface area (Å²) in [6.07, 6.45) is -0.595. The molecule has 0 aliphatic heterocycles. The highest BCUT2D eigenvalue weighted by Crippen LogP contribution is 2.30. The molecule has 0 spiro atoms. The van der Waals surface area contributed by atoms with Crippen LogP contribution in [-0.2, 0) is 17.5 Å². The van der Waals surface area contributed by atoms with Crippen LogP contribution in [0.5, 0.6) is 0 Å². The molecule has 172 valence electrons. The average Bonchev–Trinajstić information content (AvgIpc) is 2.72. The zero-order chi connectivity index (χ0) is 23.9. The van der Waals surface area contributed by atoms with Gasteiger partial charge in [0.1, 0.15) is 18.2 Å². The molecule has 1 aromatic carbocycles. The Morgan fingerprint density at radius 2 is 2.00 bits per heavy atom. The maximum Gasteiger partial charge on any atom is 0.416 e. The third-order valence-corrected chi connectivity index (χ3v) is 4.11. The van der Waals surface area contributed by atoms with Gasteiger partial charge in [0, 0.05) is 44.8 Å². The molecule has 0 atom stereocenters. The van der Waals surface area contributed by atoms with Gasteiger partial charge in [-0.3, -0.25) is 9.79 Å². The van der Waals surface area contributed by atoms with E-state index in [0.29, 0.717) is 23.1 Å². The molecule has 0 aliphatic carbocycles. The Morgan fingerprint density at radius 3 is 2.62 bits per heavy atom. The predicted molar refractivity (Wildman–Crippen MR) is 113 cm³/mol. The van der Waals surface area contributed by atoms with Gasteiger partial charge in [0.05, 0.1) is 11.3 Å². The number of aryl methyl sites for hydroxylation is 1. The third-order valence-electron chi connectivity index (χ3n) is 4.11. The van der Waals surface area contributed by atoms with Gasteiger partial charge in [-0.15, -0.1) is 0 Å². The fourth-order valence-electron chi connectivity index (χ4n) is 2.39. The second-order valence-electron chi connectivity index (χ2n) is 6.93. The number of nitrogens with zero attached hydrogens (tertiary/aromatic N) is 4. The van der Waals surface area contributed by atoms with Crippen LogP contribution in [0.3, 0.4) is 0 Å². The van der Waals surface area contributed by atoms with Crippen LogP contribution in [0, 0.1) is 12.7 Å². The van der Waals surface area contributed by atoms with Gasteiger partial charge >= 0.3 is 6.18 Å². The van der Waals surface area contributed by atoms with E-state index < -0.39 is 17.6 Å². The summed E-state index contributed by atoms with van der Waals surface area (Å²) in [6, 6.07) is 2.32. The summed E-state index contributed by atoms with van der Waals surface area (Å²) in [5.74, 6) is -0.711. The molecule has 0 radical (unpaired) electrons. The van der Waals surface area contributed by atoms with Gasteiger partial charge < -0.3 is 21.3 Å². The standard InChI is InChI=1S/C20H23F4N7O/c1-12-8-28-19(29-16(7-25)10-26-11-17(32)31(2)3)30-18(12)27-9-13-4-14(20(22,23)24)6-15(21)5-13/h4-8,10H,9,11,25H2,1-3H3,(H2,27,28,29,30)/b16-7+,26-10?. The molecular formula is C20H23F4N7O. The van der Waals surface area contributed by atoms with E-state index in [1.807, 2.05) is 0 Å². The predicted octanol–water partition coefficient (Wildman–Crippen LogP) is 2.93. The number of allylic oxidation sites excluding steroid dienone is 1. The number of alkyl halides is 3. The number of hydrogen-bond acceptors (Lipinski definition) is 7. The van der Waals surface area contributed by atoms with E-state index in [2.05, 4.69) is 25.6 Å². The SMILES string of the molecule is Cc1cnc(N/C(C=NCC(=O)N(C)C)=C/N)nc1NCc1cc(F)cc(C(F)(F)F)c1. The summed E-state index contributed by atoms with van der Waals surface area (Å²) in [5.41, 5.74) is 5.53. The number of aliphatic imine (C=N–C) groups is 1. The molecule has 0 aliphatic rings. The number of carbonyl (C=O) groups is 1. The molecule has 12 heteroatoms. The number of rotatable bonds is 8. The van der Waals surface area contributed by atoms with E-state index in [4.69, 9.17) is 5.73 Å². The average molecular weight is 453 g/mol. The van der Waals surface area contributed by atoms with Crippen molar-refractivity contribution < 1.29 is 22.4 Å². The Hall–Kier alpha value is -3.70. The van der Waals surface area contributed by atoms with Crippen LogP contribution in [-0.4, -0.2) is 47.6 Å². The number of amides is 1. The molecule has 4 N–H and O–H groups in total. The van der Waals surface area contributed by atoms with Crippen molar-refractivity contribution in [2.24, 2.45) is 10.7 Å². The molecule has 1 heterocycles. The maximum atomic E-state index is 13.6. The molecule has 1 aromatic heterocycles. The number of likely N-dealkylation sites (N-methyl/N-ethyl adjacent to an activating group) is 1. The molecule has 0 unspecified atom stereocenters. The summed E-state index contributed by atoms with van der Waals surface area (Å²) in [4.78, 5) is 25.3. The van der Waals surface area contributed by atoms with Gasteiger partial charge in [-0.2, -0.15) is 18.2 Å². The van der Waals surface area contributed by atoms with Crippen LogP contribution in [0.25, 0.3) is 0 Å². The molecule has 1 amide bonds. The van der Waals surface area contributed by atoms with Crippen molar-refractivity contribution >= 4 is 23.9 Å². The fraction of sp³-hybridized carbons (Fsp3) is 0.300. The monoisotopic (exact) mass is 453 g/mol. The lowest BCUT2D eigenvalue weighted by molar-refractivity contribution is -0.137. The number of hydrogen-bond donors (Lipinski definition) is 3. The molecule has 0 saturated heterocycles. The highest BCUT2D eigenvalue weighted by molar-refractivity contribution is 5.85. The van der Waals surface area contributed by atoms with Crippen molar-refractivity contribution in [3.05, 3.63) is 58.8 Å². The van der Waals surface area contributed by atoms with Crippen LogP contribution in [0.1, 0.15) is 16.7 Å². The smallest absolute Gasteiger partial charge is 0.403 e. The first-order chi connectivity index (χ1) is 15.0. The largest absolute Gasteiger partial charge is 0.416 e. The van der Waals surface area contributed by atoms with Gasteiger partial charge in [0.15, 0.2) is 0 Å². The Balaban J connectivity index is 2.10. The zero-order valence-electron chi connectivity index (χ0n) is 17.7. The van der Waals surface area contributed by atoms with Crippen LogP contribution in [0.15, 0.2) is 41.3 Å². The Morgan fingerprint density at radius 1 is 1.28 bits per heavy atom. The maximum absolute atomic E-state index is 13.6. The van der Waals surface area contributed by atoms with E-state index >= 15 is 0 Å². The molecule has 2 aromatic rings.